The summed E-state index contributed by atoms with van der Waals surface area (Å²) >= 11 is 9.23. The Morgan fingerprint density at radius 1 is 1.62 bits per heavy atom. The monoisotopic (exact) mass is 259 g/mol. The van der Waals surface area contributed by atoms with E-state index < -0.39 is 0 Å². The van der Waals surface area contributed by atoms with E-state index in [0.29, 0.717) is 5.02 Å². The van der Waals surface area contributed by atoms with E-state index in [1.54, 1.807) is 0 Å². The van der Waals surface area contributed by atoms with Gasteiger partial charge >= 0.3 is 0 Å². The molecule has 0 heterocycles. The van der Waals surface area contributed by atoms with Crippen LogP contribution in [-0.2, 0) is 0 Å². The van der Waals surface area contributed by atoms with Gasteiger partial charge in [-0.25, -0.2) is 0 Å². The lowest BCUT2D eigenvalue weighted by molar-refractivity contribution is 0.738. The minimum absolute atomic E-state index is 0.0101. The first-order valence-corrected chi connectivity index (χ1v) is 5.13. The van der Waals surface area contributed by atoms with Crippen molar-refractivity contribution in [1.29, 1.82) is 0 Å². The van der Waals surface area contributed by atoms with Gasteiger partial charge in [-0.2, -0.15) is 0 Å². The van der Waals surface area contributed by atoms with Gasteiger partial charge in [0.1, 0.15) is 0 Å². The van der Waals surface area contributed by atoms with Crippen LogP contribution in [0.5, 0.6) is 0 Å². The van der Waals surface area contributed by atoms with Gasteiger partial charge in [-0.1, -0.05) is 39.7 Å². The number of hydrogen-bond acceptors (Lipinski definition) is 1. The molecular formula is C10H11BrClN. The van der Waals surface area contributed by atoms with Crippen LogP contribution in [0.15, 0.2) is 35.3 Å². The van der Waals surface area contributed by atoms with Crippen LogP contribution in [0, 0.1) is 0 Å². The molecule has 0 unspecified atom stereocenters. The SMILES string of the molecule is C=CC[C@@H](N)c1ccc(Cl)cc1Br. The molecule has 0 fully saturated rings. The van der Waals surface area contributed by atoms with Gasteiger partial charge in [0.15, 0.2) is 0 Å². The lowest BCUT2D eigenvalue weighted by Gasteiger charge is -2.11. The van der Waals surface area contributed by atoms with Gasteiger partial charge in [0.05, 0.1) is 0 Å². The molecule has 1 rings (SSSR count). The van der Waals surface area contributed by atoms with Crippen molar-refractivity contribution in [3.05, 3.63) is 45.9 Å². The van der Waals surface area contributed by atoms with Gasteiger partial charge in [-0.15, -0.1) is 6.58 Å². The molecule has 0 saturated carbocycles. The van der Waals surface area contributed by atoms with Crippen molar-refractivity contribution in [2.45, 2.75) is 12.5 Å². The summed E-state index contributed by atoms with van der Waals surface area (Å²) in [5.74, 6) is 0. The second-order valence-electron chi connectivity index (χ2n) is 2.80. The Bertz CT molecular complexity index is 312. The average molecular weight is 261 g/mol. The fourth-order valence-corrected chi connectivity index (χ4v) is 2.09. The van der Waals surface area contributed by atoms with E-state index in [2.05, 4.69) is 22.5 Å². The Morgan fingerprint density at radius 2 is 2.31 bits per heavy atom. The normalized spacial score (nSPS) is 12.5. The first-order valence-electron chi connectivity index (χ1n) is 3.96. The Morgan fingerprint density at radius 3 is 2.85 bits per heavy atom. The first-order chi connectivity index (χ1) is 6.15. The molecule has 70 valence electrons. The van der Waals surface area contributed by atoms with Crippen molar-refractivity contribution >= 4 is 27.5 Å². The third kappa shape index (κ3) is 2.83. The molecule has 0 aliphatic rings. The van der Waals surface area contributed by atoms with Gasteiger partial charge in [0.2, 0.25) is 0 Å². The van der Waals surface area contributed by atoms with Crippen molar-refractivity contribution in [2.75, 3.05) is 0 Å². The summed E-state index contributed by atoms with van der Waals surface area (Å²) in [6.45, 7) is 3.65. The van der Waals surface area contributed by atoms with Crippen molar-refractivity contribution in [2.24, 2.45) is 5.73 Å². The van der Waals surface area contributed by atoms with Crippen LogP contribution in [0.2, 0.25) is 5.02 Å². The van der Waals surface area contributed by atoms with Gasteiger partial charge in [-0.05, 0) is 24.1 Å². The molecule has 0 bridgehead atoms. The summed E-state index contributed by atoms with van der Waals surface area (Å²) in [6.07, 6.45) is 2.58. The van der Waals surface area contributed by atoms with Crippen LogP contribution in [-0.4, -0.2) is 0 Å². The number of nitrogens with two attached hydrogens (primary N) is 1. The zero-order chi connectivity index (χ0) is 9.84. The molecule has 1 aromatic carbocycles. The third-order valence-corrected chi connectivity index (χ3v) is 2.70. The predicted octanol–water partition coefficient (Wildman–Crippen LogP) is 3.68. The molecule has 0 amide bonds. The minimum Gasteiger partial charge on any atom is -0.324 e. The lowest BCUT2D eigenvalue weighted by Crippen LogP contribution is -2.09. The van der Waals surface area contributed by atoms with Gasteiger partial charge in [-0.3, -0.25) is 0 Å². The molecule has 0 aliphatic carbocycles. The molecule has 1 aromatic rings. The molecule has 0 saturated heterocycles. The maximum absolute atomic E-state index is 5.91. The van der Waals surface area contributed by atoms with E-state index in [0.717, 1.165) is 16.5 Å². The Kier molecular flexibility index (Phi) is 3.97. The maximum atomic E-state index is 5.91. The van der Waals surface area contributed by atoms with Crippen molar-refractivity contribution in [3.63, 3.8) is 0 Å². The molecule has 0 aromatic heterocycles. The second-order valence-corrected chi connectivity index (χ2v) is 4.09. The third-order valence-electron chi connectivity index (χ3n) is 1.78. The maximum Gasteiger partial charge on any atom is 0.0417 e. The fourth-order valence-electron chi connectivity index (χ4n) is 1.11. The van der Waals surface area contributed by atoms with Crippen LogP contribution < -0.4 is 5.73 Å². The fraction of sp³-hybridized carbons (Fsp3) is 0.200. The zero-order valence-electron chi connectivity index (χ0n) is 7.13. The van der Waals surface area contributed by atoms with Gasteiger partial charge in [0, 0.05) is 15.5 Å². The molecule has 1 nitrogen and oxygen atoms in total. The standard InChI is InChI=1S/C10H11BrClN/c1-2-3-10(13)8-5-4-7(12)6-9(8)11/h2,4-6,10H,1,3,13H2/t10-/m1/s1. The Labute approximate surface area is 91.7 Å². The molecular weight excluding hydrogens is 249 g/mol. The molecule has 0 radical (unpaired) electrons. The summed E-state index contributed by atoms with van der Waals surface area (Å²) in [4.78, 5) is 0. The van der Waals surface area contributed by atoms with Crippen molar-refractivity contribution in [1.82, 2.24) is 0 Å². The summed E-state index contributed by atoms with van der Waals surface area (Å²) < 4.78 is 0.953. The summed E-state index contributed by atoms with van der Waals surface area (Å²) in [5, 5.41) is 0.710. The predicted molar refractivity (Wildman–Crippen MR) is 60.9 cm³/mol. The van der Waals surface area contributed by atoms with Crippen molar-refractivity contribution in [3.8, 4) is 0 Å². The number of hydrogen-bond donors (Lipinski definition) is 1. The Hall–Kier alpha value is -0.310. The smallest absolute Gasteiger partial charge is 0.0417 e. The number of benzene rings is 1. The zero-order valence-corrected chi connectivity index (χ0v) is 9.48. The summed E-state index contributed by atoms with van der Waals surface area (Å²) in [5.41, 5.74) is 6.97. The van der Waals surface area contributed by atoms with Crippen molar-refractivity contribution < 1.29 is 0 Å². The van der Waals surface area contributed by atoms with E-state index in [4.69, 9.17) is 17.3 Å². The van der Waals surface area contributed by atoms with E-state index >= 15 is 0 Å². The van der Waals surface area contributed by atoms with E-state index in [1.165, 1.54) is 0 Å². The lowest BCUT2D eigenvalue weighted by atomic mass is 10.1. The van der Waals surface area contributed by atoms with Crippen LogP contribution in [0.25, 0.3) is 0 Å². The summed E-state index contributed by atoms with van der Waals surface area (Å²) in [7, 11) is 0. The molecule has 0 aliphatic heterocycles. The van der Waals surface area contributed by atoms with E-state index in [1.807, 2.05) is 24.3 Å². The molecule has 13 heavy (non-hydrogen) atoms. The quantitative estimate of drug-likeness (QED) is 0.825. The highest BCUT2D eigenvalue weighted by Crippen LogP contribution is 2.27. The second kappa shape index (κ2) is 4.80. The Balaban J connectivity index is 2.94. The van der Waals surface area contributed by atoms with Crippen LogP contribution in [0.3, 0.4) is 0 Å². The average Bonchev–Trinajstić information content (AvgIpc) is 2.04. The highest BCUT2D eigenvalue weighted by Gasteiger charge is 2.07. The van der Waals surface area contributed by atoms with Gasteiger partial charge < -0.3 is 5.73 Å². The van der Waals surface area contributed by atoms with Crippen LogP contribution in [0.4, 0.5) is 0 Å². The van der Waals surface area contributed by atoms with Gasteiger partial charge in [0.25, 0.3) is 0 Å². The van der Waals surface area contributed by atoms with Crippen LogP contribution in [0.1, 0.15) is 18.0 Å². The minimum atomic E-state index is -0.0101. The molecule has 3 heteroatoms. The van der Waals surface area contributed by atoms with Crippen LogP contribution >= 0.6 is 27.5 Å². The molecule has 1 atom stereocenters. The largest absolute Gasteiger partial charge is 0.324 e. The van der Waals surface area contributed by atoms with E-state index in [9.17, 15) is 0 Å². The van der Waals surface area contributed by atoms with E-state index in [-0.39, 0.29) is 6.04 Å². The highest BCUT2D eigenvalue weighted by atomic mass is 79.9. The first kappa shape index (κ1) is 10.8. The molecule has 2 N–H and O–H groups in total. The summed E-state index contributed by atoms with van der Waals surface area (Å²) in [6, 6.07) is 5.61. The number of halogens is 2. The topological polar surface area (TPSA) is 26.0 Å². The highest BCUT2D eigenvalue weighted by molar-refractivity contribution is 9.10. The molecule has 0 spiro atoms. The number of rotatable bonds is 3.